The van der Waals surface area contributed by atoms with Gasteiger partial charge in [-0.1, -0.05) is 27.7 Å². The molecule has 0 spiro atoms. The number of esters is 1. The van der Waals surface area contributed by atoms with Gasteiger partial charge in [0.15, 0.2) is 8.32 Å². The van der Waals surface area contributed by atoms with Crippen LogP contribution in [0.25, 0.3) is 0 Å². The van der Waals surface area contributed by atoms with Gasteiger partial charge in [0.25, 0.3) is 0 Å². The second kappa shape index (κ2) is 4.97. The molecular weight excluding hydrogens is 244 g/mol. The predicted molar refractivity (Wildman–Crippen MR) is 76.0 cm³/mol. The Morgan fingerprint density at radius 3 is 2.11 bits per heavy atom. The van der Waals surface area contributed by atoms with E-state index in [0.717, 1.165) is 0 Å². The Morgan fingerprint density at radius 1 is 1.17 bits per heavy atom. The molecule has 0 aromatic rings. The fourth-order valence-corrected chi connectivity index (χ4v) is 3.43. The zero-order chi connectivity index (χ0) is 14.3. The lowest BCUT2D eigenvalue weighted by molar-refractivity contribution is -0.173. The van der Waals surface area contributed by atoms with Crippen molar-refractivity contribution in [1.82, 2.24) is 0 Å². The van der Waals surface area contributed by atoms with Crippen LogP contribution in [0.5, 0.6) is 0 Å². The molecule has 1 aliphatic rings. The SMILES string of the molecule is C[C@@H]1[C@H](O[Si](C)(C)C(C)(C)C)[C@@H](C)C(=O)O[C@H]1C. The lowest BCUT2D eigenvalue weighted by Gasteiger charge is -2.45. The molecule has 0 amide bonds. The van der Waals surface area contributed by atoms with Crippen molar-refractivity contribution in [2.45, 2.75) is 71.9 Å². The summed E-state index contributed by atoms with van der Waals surface area (Å²) < 4.78 is 11.8. The van der Waals surface area contributed by atoms with Gasteiger partial charge in [-0.2, -0.15) is 0 Å². The molecule has 0 radical (unpaired) electrons. The van der Waals surface area contributed by atoms with Gasteiger partial charge in [0, 0.05) is 5.92 Å². The van der Waals surface area contributed by atoms with E-state index in [2.05, 4.69) is 40.8 Å². The molecule has 1 fully saturated rings. The van der Waals surface area contributed by atoms with Crippen LogP contribution in [0.1, 0.15) is 41.5 Å². The number of ether oxygens (including phenoxy) is 1. The normalized spacial score (nSPS) is 34.3. The first kappa shape index (κ1) is 15.7. The van der Waals surface area contributed by atoms with Gasteiger partial charge in [-0.15, -0.1) is 0 Å². The molecule has 0 bridgehead atoms. The van der Waals surface area contributed by atoms with E-state index < -0.39 is 8.32 Å². The molecule has 0 saturated carbocycles. The first-order valence-electron chi connectivity index (χ1n) is 6.85. The summed E-state index contributed by atoms with van der Waals surface area (Å²) in [7, 11) is -1.84. The van der Waals surface area contributed by atoms with Crippen molar-refractivity contribution in [1.29, 1.82) is 0 Å². The molecule has 4 heteroatoms. The molecule has 1 heterocycles. The van der Waals surface area contributed by atoms with Gasteiger partial charge in [0.2, 0.25) is 0 Å². The molecule has 3 nitrogen and oxygen atoms in total. The predicted octanol–water partition coefficient (Wildman–Crippen LogP) is 3.59. The van der Waals surface area contributed by atoms with E-state index in [0.29, 0.717) is 0 Å². The van der Waals surface area contributed by atoms with Crippen LogP contribution in [0, 0.1) is 11.8 Å². The average molecular weight is 272 g/mol. The average Bonchev–Trinajstić information content (AvgIpc) is 2.20. The van der Waals surface area contributed by atoms with Crippen molar-refractivity contribution in [3.05, 3.63) is 0 Å². The topological polar surface area (TPSA) is 35.5 Å². The third kappa shape index (κ3) is 2.97. The smallest absolute Gasteiger partial charge is 0.311 e. The van der Waals surface area contributed by atoms with Crippen molar-refractivity contribution >= 4 is 14.3 Å². The van der Waals surface area contributed by atoms with Gasteiger partial charge in [-0.3, -0.25) is 4.79 Å². The van der Waals surface area contributed by atoms with E-state index in [1.54, 1.807) is 0 Å². The van der Waals surface area contributed by atoms with E-state index in [4.69, 9.17) is 9.16 Å². The van der Waals surface area contributed by atoms with Gasteiger partial charge in [-0.25, -0.2) is 0 Å². The van der Waals surface area contributed by atoms with Crippen LogP contribution >= 0.6 is 0 Å². The maximum absolute atomic E-state index is 11.8. The summed E-state index contributed by atoms with van der Waals surface area (Å²) in [6.07, 6.45) is -0.0642. The fraction of sp³-hybridized carbons (Fsp3) is 0.929. The molecule has 1 rings (SSSR count). The summed E-state index contributed by atoms with van der Waals surface area (Å²) in [6, 6.07) is 0. The highest BCUT2D eigenvalue weighted by Gasteiger charge is 2.46. The Kier molecular flexibility index (Phi) is 4.33. The molecule has 18 heavy (non-hydrogen) atoms. The Balaban J connectivity index is 2.90. The van der Waals surface area contributed by atoms with Gasteiger partial charge in [-0.05, 0) is 32.0 Å². The molecule has 0 unspecified atom stereocenters. The van der Waals surface area contributed by atoms with E-state index in [1.165, 1.54) is 0 Å². The van der Waals surface area contributed by atoms with Crippen molar-refractivity contribution in [2.24, 2.45) is 11.8 Å². The molecule has 4 atom stereocenters. The van der Waals surface area contributed by atoms with Crippen molar-refractivity contribution < 1.29 is 14.0 Å². The zero-order valence-electron chi connectivity index (χ0n) is 13.0. The summed E-state index contributed by atoms with van der Waals surface area (Å²) in [6.45, 7) is 17.1. The molecule has 1 saturated heterocycles. The second-order valence-corrected chi connectivity index (χ2v) is 11.9. The summed E-state index contributed by atoms with van der Waals surface area (Å²) >= 11 is 0. The van der Waals surface area contributed by atoms with Gasteiger partial charge >= 0.3 is 5.97 Å². The van der Waals surface area contributed by atoms with Crippen molar-refractivity contribution in [3.63, 3.8) is 0 Å². The number of carbonyl (C=O) groups excluding carboxylic acids is 1. The zero-order valence-corrected chi connectivity index (χ0v) is 14.0. The number of hydrogen-bond donors (Lipinski definition) is 0. The number of hydrogen-bond acceptors (Lipinski definition) is 3. The van der Waals surface area contributed by atoms with E-state index in [-0.39, 0.29) is 35.1 Å². The lowest BCUT2D eigenvalue weighted by Crippen LogP contribution is -2.53. The Labute approximate surface area is 112 Å². The molecule has 1 aliphatic heterocycles. The van der Waals surface area contributed by atoms with E-state index in [1.807, 2.05) is 13.8 Å². The van der Waals surface area contributed by atoms with E-state index in [9.17, 15) is 4.79 Å². The molecule has 0 aromatic carbocycles. The minimum absolute atomic E-state index is 0.0119. The molecule has 0 aromatic heterocycles. The van der Waals surface area contributed by atoms with Crippen LogP contribution in [-0.4, -0.2) is 26.5 Å². The summed E-state index contributed by atoms with van der Waals surface area (Å²) in [5.41, 5.74) is 0. The maximum Gasteiger partial charge on any atom is 0.311 e. The summed E-state index contributed by atoms with van der Waals surface area (Å²) in [5.74, 6) is -0.0264. The third-order valence-electron chi connectivity index (χ3n) is 4.66. The molecule has 106 valence electrons. The van der Waals surface area contributed by atoms with Crippen LogP contribution in [-0.2, 0) is 14.0 Å². The molecular formula is C14H28O3Si. The highest BCUT2D eigenvalue weighted by atomic mass is 28.4. The van der Waals surface area contributed by atoms with Gasteiger partial charge < -0.3 is 9.16 Å². The fourth-order valence-electron chi connectivity index (χ4n) is 1.98. The molecule has 0 N–H and O–H groups in total. The third-order valence-corrected chi connectivity index (χ3v) is 9.14. The Hall–Kier alpha value is -0.353. The maximum atomic E-state index is 11.8. The monoisotopic (exact) mass is 272 g/mol. The molecule has 0 aliphatic carbocycles. The van der Waals surface area contributed by atoms with Crippen LogP contribution in [0.4, 0.5) is 0 Å². The number of cyclic esters (lactones) is 1. The van der Waals surface area contributed by atoms with Crippen molar-refractivity contribution in [3.8, 4) is 0 Å². The standard InChI is InChI=1S/C14H28O3Si/c1-9-11(3)16-13(15)10(2)12(9)17-18(7,8)14(4,5)6/h9-12H,1-8H3/t9-,10+,11-,12-/m0/s1. The minimum atomic E-state index is -1.84. The van der Waals surface area contributed by atoms with Gasteiger partial charge in [0.1, 0.15) is 6.10 Å². The summed E-state index contributed by atoms with van der Waals surface area (Å²) in [4.78, 5) is 11.8. The van der Waals surface area contributed by atoms with Gasteiger partial charge in [0.05, 0.1) is 12.0 Å². The summed E-state index contributed by atoms with van der Waals surface area (Å²) in [5, 5.41) is 0.164. The Bertz CT molecular complexity index is 319. The van der Waals surface area contributed by atoms with Crippen LogP contribution in [0.15, 0.2) is 0 Å². The first-order valence-corrected chi connectivity index (χ1v) is 9.76. The van der Waals surface area contributed by atoms with Crippen LogP contribution in [0.3, 0.4) is 0 Å². The highest BCUT2D eigenvalue weighted by Crippen LogP contribution is 2.40. The van der Waals surface area contributed by atoms with Crippen molar-refractivity contribution in [2.75, 3.05) is 0 Å². The largest absolute Gasteiger partial charge is 0.462 e. The minimum Gasteiger partial charge on any atom is -0.462 e. The Morgan fingerprint density at radius 2 is 1.67 bits per heavy atom. The second-order valence-electron chi connectivity index (χ2n) is 7.13. The number of rotatable bonds is 2. The number of carbonyl (C=O) groups is 1. The quantitative estimate of drug-likeness (QED) is 0.569. The van der Waals surface area contributed by atoms with E-state index >= 15 is 0 Å². The lowest BCUT2D eigenvalue weighted by atomic mass is 9.87. The van der Waals surface area contributed by atoms with Crippen LogP contribution < -0.4 is 0 Å². The first-order chi connectivity index (χ1) is 7.97. The highest BCUT2D eigenvalue weighted by molar-refractivity contribution is 6.74. The van der Waals surface area contributed by atoms with Crippen LogP contribution in [0.2, 0.25) is 18.1 Å².